The van der Waals surface area contributed by atoms with Crippen LogP contribution in [0.25, 0.3) is 0 Å². The first-order valence-electron chi connectivity index (χ1n) is 6.65. The highest BCUT2D eigenvalue weighted by molar-refractivity contribution is 9.10. The van der Waals surface area contributed by atoms with Crippen molar-refractivity contribution in [2.45, 2.75) is 26.2 Å². The monoisotopic (exact) mass is 349 g/mol. The predicted octanol–water partition coefficient (Wildman–Crippen LogP) is 5.14. The van der Waals surface area contributed by atoms with Crippen molar-refractivity contribution in [2.24, 2.45) is 0 Å². The molecule has 2 nitrogen and oxygen atoms in total. The van der Waals surface area contributed by atoms with Gasteiger partial charge in [-0.1, -0.05) is 39.0 Å². The summed E-state index contributed by atoms with van der Waals surface area (Å²) in [6.07, 6.45) is 0. The van der Waals surface area contributed by atoms with Crippen LogP contribution in [0.4, 0.5) is 10.1 Å². The van der Waals surface area contributed by atoms with Gasteiger partial charge in [0, 0.05) is 5.56 Å². The highest BCUT2D eigenvalue weighted by Gasteiger charge is 2.15. The van der Waals surface area contributed by atoms with E-state index in [1.54, 1.807) is 24.3 Å². The fraction of sp³-hybridized carbons (Fsp3) is 0.235. The number of benzene rings is 2. The van der Waals surface area contributed by atoms with E-state index in [4.69, 9.17) is 0 Å². The van der Waals surface area contributed by atoms with Gasteiger partial charge in [-0.2, -0.15) is 0 Å². The molecule has 0 aliphatic carbocycles. The molecule has 0 aromatic heterocycles. The summed E-state index contributed by atoms with van der Waals surface area (Å²) in [7, 11) is 0. The maximum atomic E-state index is 13.8. The average molecular weight is 350 g/mol. The van der Waals surface area contributed by atoms with Gasteiger partial charge in [-0.15, -0.1) is 0 Å². The lowest BCUT2D eigenvalue weighted by Gasteiger charge is -2.19. The van der Waals surface area contributed by atoms with Crippen LogP contribution in [0.1, 0.15) is 36.7 Å². The fourth-order valence-electron chi connectivity index (χ4n) is 1.92. The van der Waals surface area contributed by atoms with E-state index in [9.17, 15) is 9.18 Å². The fourth-order valence-corrected chi connectivity index (χ4v) is 2.28. The maximum Gasteiger partial charge on any atom is 0.255 e. The number of amides is 1. The summed E-state index contributed by atoms with van der Waals surface area (Å²) < 4.78 is 14.2. The Morgan fingerprint density at radius 1 is 1.10 bits per heavy atom. The lowest BCUT2D eigenvalue weighted by atomic mass is 9.87. The summed E-state index contributed by atoms with van der Waals surface area (Å²) in [6.45, 7) is 6.33. The van der Waals surface area contributed by atoms with Crippen molar-refractivity contribution in [1.29, 1.82) is 0 Å². The van der Waals surface area contributed by atoms with E-state index in [-0.39, 0.29) is 17.0 Å². The van der Waals surface area contributed by atoms with Crippen LogP contribution in [0.5, 0.6) is 0 Å². The zero-order valence-electron chi connectivity index (χ0n) is 12.2. The highest BCUT2D eigenvalue weighted by atomic mass is 79.9. The lowest BCUT2D eigenvalue weighted by Crippen LogP contribution is -2.15. The van der Waals surface area contributed by atoms with E-state index >= 15 is 0 Å². The first-order chi connectivity index (χ1) is 9.79. The summed E-state index contributed by atoms with van der Waals surface area (Å²) in [5.74, 6) is -0.801. The molecule has 2 aromatic rings. The van der Waals surface area contributed by atoms with Gasteiger partial charge in [0.2, 0.25) is 0 Å². The van der Waals surface area contributed by atoms with Crippen LogP contribution >= 0.6 is 15.9 Å². The molecule has 0 aliphatic heterocycles. The second-order valence-electron chi connectivity index (χ2n) is 5.88. The first kappa shape index (κ1) is 15.7. The van der Waals surface area contributed by atoms with Crippen molar-refractivity contribution in [3.05, 3.63) is 63.9 Å². The van der Waals surface area contributed by atoms with E-state index in [2.05, 4.69) is 42.0 Å². The molecule has 0 saturated heterocycles. The molecule has 2 aromatic carbocycles. The Kier molecular flexibility index (Phi) is 4.47. The number of halogens is 2. The van der Waals surface area contributed by atoms with Crippen molar-refractivity contribution in [3.8, 4) is 0 Å². The molecule has 0 fully saturated rings. The Hall–Kier alpha value is -1.68. The number of rotatable bonds is 2. The van der Waals surface area contributed by atoms with Crippen molar-refractivity contribution < 1.29 is 9.18 Å². The van der Waals surface area contributed by atoms with Crippen LogP contribution in [-0.2, 0) is 5.41 Å². The van der Waals surface area contributed by atoms with Gasteiger partial charge in [0.1, 0.15) is 0 Å². The molecule has 1 amide bonds. The number of carbonyl (C=O) groups is 1. The Morgan fingerprint density at radius 2 is 1.71 bits per heavy atom. The molecular weight excluding hydrogens is 333 g/mol. The van der Waals surface area contributed by atoms with E-state index in [1.165, 1.54) is 6.07 Å². The van der Waals surface area contributed by atoms with Crippen molar-refractivity contribution in [2.75, 3.05) is 5.32 Å². The second-order valence-corrected chi connectivity index (χ2v) is 6.74. The molecule has 0 saturated carbocycles. The van der Waals surface area contributed by atoms with Crippen LogP contribution < -0.4 is 5.32 Å². The molecule has 0 heterocycles. The quantitative estimate of drug-likeness (QED) is 0.799. The molecule has 0 bridgehead atoms. The largest absolute Gasteiger partial charge is 0.319 e. The first-order valence-corrected chi connectivity index (χ1v) is 7.44. The van der Waals surface area contributed by atoms with Crippen LogP contribution in [0.2, 0.25) is 0 Å². The third-order valence-electron chi connectivity index (χ3n) is 3.21. The van der Waals surface area contributed by atoms with Gasteiger partial charge < -0.3 is 5.32 Å². The van der Waals surface area contributed by atoms with Gasteiger partial charge in [0.15, 0.2) is 5.82 Å². The molecule has 0 radical (unpaired) electrons. The minimum atomic E-state index is -0.475. The average Bonchev–Trinajstić information content (AvgIpc) is 2.43. The van der Waals surface area contributed by atoms with E-state index < -0.39 is 5.82 Å². The second kappa shape index (κ2) is 5.98. The summed E-state index contributed by atoms with van der Waals surface area (Å²) in [4.78, 5) is 12.1. The molecular formula is C17H17BrFNO. The smallest absolute Gasteiger partial charge is 0.255 e. The Labute approximate surface area is 132 Å². The van der Waals surface area contributed by atoms with Gasteiger partial charge in [-0.3, -0.25) is 4.79 Å². The molecule has 21 heavy (non-hydrogen) atoms. The molecule has 1 N–H and O–H groups in total. The van der Waals surface area contributed by atoms with Crippen LogP contribution in [0, 0.1) is 5.82 Å². The molecule has 0 aliphatic rings. The molecule has 0 spiro atoms. The SMILES string of the molecule is CC(C)(C)c1ccc(C(=O)Nc2cccc(Br)c2F)cc1. The number of hydrogen-bond donors (Lipinski definition) is 1. The number of anilines is 1. The normalized spacial score (nSPS) is 11.3. The van der Waals surface area contributed by atoms with Crippen LogP contribution in [0.3, 0.4) is 0 Å². The summed E-state index contributed by atoms with van der Waals surface area (Å²) >= 11 is 3.10. The summed E-state index contributed by atoms with van der Waals surface area (Å²) in [5.41, 5.74) is 1.84. The van der Waals surface area contributed by atoms with Crippen LogP contribution in [0.15, 0.2) is 46.9 Å². The predicted molar refractivity (Wildman–Crippen MR) is 87.2 cm³/mol. The summed E-state index contributed by atoms with van der Waals surface area (Å²) in [5, 5.41) is 2.58. The maximum absolute atomic E-state index is 13.8. The third kappa shape index (κ3) is 3.70. The number of hydrogen-bond acceptors (Lipinski definition) is 1. The van der Waals surface area contributed by atoms with Gasteiger partial charge in [0.25, 0.3) is 5.91 Å². The standard InChI is InChI=1S/C17H17BrFNO/c1-17(2,3)12-9-7-11(8-10-12)16(21)20-14-6-4-5-13(18)15(14)19/h4-10H,1-3H3,(H,20,21). The van der Waals surface area contributed by atoms with Crippen molar-refractivity contribution in [1.82, 2.24) is 0 Å². The minimum absolute atomic E-state index is 0.0331. The van der Waals surface area contributed by atoms with Crippen molar-refractivity contribution in [3.63, 3.8) is 0 Å². The zero-order valence-corrected chi connectivity index (χ0v) is 13.8. The molecule has 110 valence electrons. The zero-order chi connectivity index (χ0) is 15.6. The molecule has 0 atom stereocenters. The van der Waals surface area contributed by atoms with Gasteiger partial charge in [-0.25, -0.2) is 4.39 Å². The molecule has 2 rings (SSSR count). The minimum Gasteiger partial charge on any atom is -0.319 e. The number of carbonyl (C=O) groups excluding carboxylic acids is 1. The van der Waals surface area contributed by atoms with E-state index in [1.807, 2.05) is 12.1 Å². The van der Waals surface area contributed by atoms with Gasteiger partial charge in [-0.05, 0) is 51.2 Å². The summed E-state index contributed by atoms with van der Waals surface area (Å²) in [6, 6.07) is 12.1. The van der Waals surface area contributed by atoms with Gasteiger partial charge in [0.05, 0.1) is 10.2 Å². The van der Waals surface area contributed by atoms with Crippen molar-refractivity contribution >= 4 is 27.5 Å². The van der Waals surface area contributed by atoms with Gasteiger partial charge >= 0.3 is 0 Å². The topological polar surface area (TPSA) is 29.1 Å². The van der Waals surface area contributed by atoms with E-state index in [0.717, 1.165) is 5.56 Å². The number of nitrogens with one attached hydrogen (secondary N) is 1. The Balaban J connectivity index is 2.19. The third-order valence-corrected chi connectivity index (χ3v) is 3.83. The highest BCUT2D eigenvalue weighted by Crippen LogP contribution is 2.24. The van der Waals surface area contributed by atoms with Crippen LogP contribution in [-0.4, -0.2) is 5.91 Å². The lowest BCUT2D eigenvalue weighted by molar-refractivity contribution is 0.102. The molecule has 0 unspecified atom stereocenters. The Morgan fingerprint density at radius 3 is 2.29 bits per heavy atom. The van der Waals surface area contributed by atoms with E-state index in [0.29, 0.717) is 10.0 Å². The Bertz CT molecular complexity index is 659. The molecule has 4 heteroatoms.